The van der Waals surface area contributed by atoms with Crippen LogP contribution < -0.4 is 4.72 Å². The first kappa shape index (κ1) is 14.8. The van der Waals surface area contributed by atoms with E-state index in [0.29, 0.717) is 6.07 Å². The third-order valence-electron chi connectivity index (χ3n) is 2.39. The lowest BCUT2D eigenvalue weighted by atomic mass is 10.3. The third kappa shape index (κ3) is 3.11. The number of benzene rings is 1. The fraction of sp³-hybridized carbons (Fsp3) is 0. The summed E-state index contributed by atoms with van der Waals surface area (Å²) < 4.78 is 52.5. The van der Waals surface area contributed by atoms with Crippen LogP contribution in [0.25, 0.3) is 0 Å². The molecule has 2 aromatic rings. The van der Waals surface area contributed by atoms with Gasteiger partial charge in [0.15, 0.2) is 11.6 Å². The van der Waals surface area contributed by atoms with Crippen molar-refractivity contribution in [1.82, 2.24) is 4.98 Å². The molecule has 1 N–H and O–H groups in total. The van der Waals surface area contributed by atoms with Crippen molar-refractivity contribution in [3.05, 3.63) is 58.3 Å². The van der Waals surface area contributed by atoms with Gasteiger partial charge in [-0.15, -0.1) is 0 Å². The Kier molecular flexibility index (Phi) is 3.80. The molecule has 0 bridgehead atoms. The van der Waals surface area contributed by atoms with Gasteiger partial charge in [-0.05, 0) is 18.2 Å². The van der Waals surface area contributed by atoms with Crippen molar-refractivity contribution in [2.75, 3.05) is 4.72 Å². The molecule has 110 valence electrons. The van der Waals surface area contributed by atoms with Gasteiger partial charge in [0.2, 0.25) is 5.03 Å². The fourth-order valence-electron chi connectivity index (χ4n) is 1.46. The zero-order valence-electron chi connectivity index (χ0n) is 10.2. The molecule has 7 nitrogen and oxygen atoms in total. The van der Waals surface area contributed by atoms with Crippen molar-refractivity contribution in [3.8, 4) is 0 Å². The summed E-state index contributed by atoms with van der Waals surface area (Å²) in [7, 11) is -4.45. The number of anilines is 1. The second kappa shape index (κ2) is 5.40. The Morgan fingerprint density at radius 3 is 2.48 bits per heavy atom. The molecular formula is C11H7F2N3O4S. The maximum absolute atomic E-state index is 13.6. The highest BCUT2D eigenvalue weighted by atomic mass is 32.2. The average molecular weight is 315 g/mol. The highest BCUT2D eigenvalue weighted by molar-refractivity contribution is 7.92. The number of non-ortho nitro benzene ring substituents is 1. The van der Waals surface area contributed by atoms with Crippen molar-refractivity contribution in [2.24, 2.45) is 0 Å². The molecule has 1 aromatic heterocycles. The molecule has 0 amide bonds. The van der Waals surface area contributed by atoms with Gasteiger partial charge in [-0.25, -0.2) is 13.8 Å². The first-order valence-corrected chi connectivity index (χ1v) is 6.87. The average Bonchev–Trinajstić information content (AvgIpc) is 2.41. The predicted octanol–water partition coefficient (Wildman–Crippen LogP) is 2.07. The van der Waals surface area contributed by atoms with Crippen LogP contribution in [-0.4, -0.2) is 18.3 Å². The molecule has 0 radical (unpaired) electrons. The van der Waals surface area contributed by atoms with Crippen LogP contribution in [0.2, 0.25) is 0 Å². The summed E-state index contributed by atoms with van der Waals surface area (Å²) in [4.78, 5) is 13.0. The van der Waals surface area contributed by atoms with E-state index < -0.39 is 43.0 Å². The van der Waals surface area contributed by atoms with Crippen LogP contribution in [0.15, 0.2) is 41.6 Å². The van der Waals surface area contributed by atoms with E-state index in [0.717, 1.165) is 24.4 Å². The lowest BCUT2D eigenvalue weighted by Gasteiger charge is -2.08. The Hall–Kier alpha value is -2.62. The standard InChI is InChI=1S/C11H7F2N3O4S/c12-8-2-1-5-14-11(8)21(19,20)15-10-4-3-7(16(17)18)6-9(10)13/h1-6,15H. The van der Waals surface area contributed by atoms with E-state index in [1.807, 2.05) is 0 Å². The van der Waals surface area contributed by atoms with Crippen LogP contribution >= 0.6 is 0 Å². The number of nitrogens with zero attached hydrogens (tertiary/aromatic N) is 2. The number of nitrogens with one attached hydrogen (secondary N) is 1. The summed E-state index contributed by atoms with van der Waals surface area (Å²) in [6.45, 7) is 0. The molecule has 10 heteroatoms. The maximum atomic E-state index is 13.6. The van der Waals surface area contributed by atoms with Crippen LogP contribution in [0.1, 0.15) is 0 Å². The molecular weight excluding hydrogens is 308 g/mol. The van der Waals surface area contributed by atoms with Crippen LogP contribution in [0.5, 0.6) is 0 Å². The Morgan fingerprint density at radius 1 is 1.19 bits per heavy atom. The van der Waals surface area contributed by atoms with E-state index in [2.05, 4.69) is 4.98 Å². The van der Waals surface area contributed by atoms with E-state index in [-0.39, 0.29) is 0 Å². The molecule has 0 unspecified atom stereocenters. The number of hydrogen-bond acceptors (Lipinski definition) is 5. The van der Waals surface area contributed by atoms with Gasteiger partial charge in [0, 0.05) is 12.3 Å². The van der Waals surface area contributed by atoms with Crippen LogP contribution in [0, 0.1) is 21.7 Å². The summed E-state index contributed by atoms with van der Waals surface area (Å²) in [6.07, 6.45) is 1.06. The lowest BCUT2D eigenvalue weighted by Crippen LogP contribution is -2.17. The quantitative estimate of drug-likeness (QED) is 0.687. The summed E-state index contributed by atoms with van der Waals surface area (Å²) in [6, 6.07) is 4.41. The Balaban J connectivity index is 2.38. The van der Waals surface area contributed by atoms with Gasteiger partial charge < -0.3 is 0 Å². The van der Waals surface area contributed by atoms with Gasteiger partial charge in [0.1, 0.15) is 0 Å². The minimum Gasteiger partial charge on any atom is -0.275 e. The van der Waals surface area contributed by atoms with Crippen LogP contribution in [0.3, 0.4) is 0 Å². The van der Waals surface area contributed by atoms with Gasteiger partial charge in [0.25, 0.3) is 15.7 Å². The summed E-state index contributed by atoms with van der Waals surface area (Å²) in [5.74, 6) is -2.27. The van der Waals surface area contributed by atoms with Crippen molar-refractivity contribution < 1.29 is 22.1 Å². The summed E-state index contributed by atoms with van der Waals surface area (Å²) in [5.41, 5.74) is -1.09. The van der Waals surface area contributed by atoms with E-state index in [1.54, 1.807) is 4.72 Å². The van der Waals surface area contributed by atoms with Gasteiger partial charge in [-0.3, -0.25) is 14.8 Å². The number of pyridine rings is 1. The van der Waals surface area contributed by atoms with E-state index in [9.17, 15) is 27.3 Å². The predicted molar refractivity (Wildman–Crippen MR) is 68.1 cm³/mol. The molecule has 0 fully saturated rings. The van der Waals surface area contributed by atoms with Gasteiger partial charge >= 0.3 is 0 Å². The maximum Gasteiger partial charge on any atom is 0.282 e. The minimum absolute atomic E-state index is 0.542. The largest absolute Gasteiger partial charge is 0.282 e. The highest BCUT2D eigenvalue weighted by Crippen LogP contribution is 2.23. The molecule has 0 atom stereocenters. The smallest absolute Gasteiger partial charge is 0.275 e. The van der Waals surface area contributed by atoms with Gasteiger partial charge in [-0.1, -0.05) is 0 Å². The Bertz CT molecular complexity index is 811. The van der Waals surface area contributed by atoms with Gasteiger partial charge in [0.05, 0.1) is 16.7 Å². The number of aromatic nitrogens is 1. The molecule has 1 aromatic carbocycles. The third-order valence-corrected chi connectivity index (χ3v) is 3.69. The second-order valence-corrected chi connectivity index (χ2v) is 5.41. The first-order chi connectivity index (χ1) is 9.81. The number of nitro benzene ring substituents is 1. The number of sulfonamides is 1. The van der Waals surface area contributed by atoms with Crippen molar-refractivity contribution in [2.45, 2.75) is 5.03 Å². The molecule has 21 heavy (non-hydrogen) atoms. The van der Waals surface area contributed by atoms with Crippen molar-refractivity contribution in [1.29, 1.82) is 0 Å². The molecule has 2 rings (SSSR count). The van der Waals surface area contributed by atoms with E-state index >= 15 is 0 Å². The molecule has 0 aliphatic rings. The van der Waals surface area contributed by atoms with Crippen molar-refractivity contribution >= 4 is 21.4 Å². The Morgan fingerprint density at radius 2 is 1.90 bits per heavy atom. The molecule has 0 spiro atoms. The first-order valence-electron chi connectivity index (χ1n) is 5.38. The fourth-order valence-corrected chi connectivity index (χ4v) is 2.54. The van der Waals surface area contributed by atoms with Crippen molar-refractivity contribution in [3.63, 3.8) is 0 Å². The minimum atomic E-state index is -4.45. The zero-order valence-corrected chi connectivity index (χ0v) is 11.0. The summed E-state index contributed by atoms with van der Waals surface area (Å²) >= 11 is 0. The number of rotatable bonds is 4. The number of hydrogen-bond donors (Lipinski definition) is 1. The summed E-state index contributed by atoms with van der Waals surface area (Å²) in [5, 5.41) is 9.56. The molecule has 1 heterocycles. The number of halogens is 2. The normalized spacial score (nSPS) is 11.1. The molecule has 0 aliphatic carbocycles. The van der Waals surface area contributed by atoms with E-state index in [4.69, 9.17) is 0 Å². The van der Waals surface area contributed by atoms with E-state index in [1.165, 1.54) is 6.07 Å². The van der Waals surface area contributed by atoms with Crippen LogP contribution in [-0.2, 0) is 10.0 Å². The molecule has 0 saturated carbocycles. The zero-order chi connectivity index (χ0) is 15.6. The Labute approximate surface area is 117 Å². The second-order valence-electron chi connectivity index (χ2n) is 3.82. The topological polar surface area (TPSA) is 102 Å². The molecule has 0 aliphatic heterocycles. The van der Waals surface area contributed by atoms with Crippen LogP contribution in [0.4, 0.5) is 20.2 Å². The molecule has 0 saturated heterocycles. The monoisotopic (exact) mass is 315 g/mol. The SMILES string of the molecule is O=[N+]([O-])c1ccc(NS(=O)(=O)c2ncccc2F)c(F)c1. The number of nitro groups is 1. The van der Waals surface area contributed by atoms with Gasteiger partial charge in [-0.2, -0.15) is 8.42 Å². The highest BCUT2D eigenvalue weighted by Gasteiger charge is 2.22. The lowest BCUT2D eigenvalue weighted by molar-refractivity contribution is -0.385.